The fourth-order valence-corrected chi connectivity index (χ4v) is 0.888. The minimum Gasteiger partial charge on any atom is -0.385 e. The van der Waals surface area contributed by atoms with Crippen molar-refractivity contribution >= 4 is 11.7 Å². The summed E-state index contributed by atoms with van der Waals surface area (Å²) in [6, 6.07) is 0. The first kappa shape index (κ1) is 12.1. The summed E-state index contributed by atoms with van der Waals surface area (Å²) in [6.45, 7) is 2.74. The Morgan fingerprint density at radius 2 is 2.00 bits per heavy atom. The van der Waals surface area contributed by atoms with E-state index in [9.17, 15) is 9.59 Å². The van der Waals surface area contributed by atoms with Gasteiger partial charge in [0, 0.05) is 20.3 Å². The smallest absolute Gasteiger partial charge is 0.227 e. The maximum absolute atomic E-state index is 10.9. The third kappa shape index (κ3) is 9.01. The van der Waals surface area contributed by atoms with E-state index in [1.54, 1.807) is 7.11 Å². The predicted molar refractivity (Wildman–Crippen MR) is 49.4 cm³/mol. The van der Waals surface area contributed by atoms with Gasteiger partial charge in [-0.15, -0.1) is 0 Å². The lowest BCUT2D eigenvalue weighted by molar-refractivity contribution is -0.127. The molecule has 0 aromatic rings. The van der Waals surface area contributed by atoms with E-state index in [-0.39, 0.29) is 18.1 Å². The van der Waals surface area contributed by atoms with Crippen LogP contribution in [0.25, 0.3) is 0 Å². The highest BCUT2D eigenvalue weighted by Gasteiger charge is 2.02. The van der Waals surface area contributed by atoms with Gasteiger partial charge in [0.25, 0.3) is 0 Å². The molecule has 1 amide bonds. The largest absolute Gasteiger partial charge is 0.385 e. The van der Waals surface area contributed by atoms with E-state index >= 15 is 0 Å². The molecular weight excluding hydrogens is 170 g/mol. The van der Waals surface area contributed by atoms with Crippen molar-refractivity contribution in [3.63, 3.8) is 0 Å². The van der Waals surface area contributed by atoms with Gasteiger partial charge in [-0.3, -0.25) is 9.59 Å². The van der Waals surface area contributed by atoms with Gasteiger partial charge in [-0.1, -0.05) is 0 Å². The Bertz CT molecular complexity index is 168. The van der Waals surface area contributed by atoms with Crippen LogP contribution >= 0.6 is 0 Å². The molecule has 0 fully saturated rings. The van der Waals surface area contributed by atoms with Gasteiger partial charge >= 0.3 is 0 Å². The van der Waals surface area contributed by atoms with E-state index in [0.29, 0.717) is 13.2 Å². The summed E-state index contributed by atoms with van der Waals surface area (Å²) < 4.78 is 4.85. The SMILES string of the molecule is COCCCCNC(=O)CC(C)=O. The molecule has 76 valence electrons. The molecule has 0 spiro atoms. The van der Waals surface area contributed by atoms with Crippen molar-refractivity contribution in [1.29, 1.82) is 0 Å². The van der Waals surface area contributed by atoms with Crippen LogP contribution in [0.3, 0.4) is 0 Å². The van der Waals surface area contributed by atoms with Crippen LogP contribution in [-0.4, -0.2) is 32.0 Å². The number of ketones is 1. The maximum Gasteiger partial charge on any atom is 0.227 e. The van der Waals surface area contributed by atoms with Crippen LogP contribution in [0.2, 0.25) is 0 Å². The van der Waals surface area contributed by atoms with Gasteiger partial charge in [0.05, 0.1) is 6.42 Å². The molecule has 0 saturated carbocycles. The van der Waals surface area contributed by atoms with Crippen LogP contribution in [-0.2, 0) is 14.3 Å². The number of methoxy groups -OCH3 is 1. The number of unbranched alkanes of at least 4 members (excludes halogenated alkanes) is 1. The molecule has 0 unspecified atom stereocenters. The molecule has 0 radical (unpaired) electrons. The van der Waals surface area contributed by atoms with E-state index in [1.807, 2.05) is 0 Å². The molecule has 0 atom stereocenters. The van der Waals surface area contributed by atoms with Crippen LogP contribution in [0.5, 0.6) is 0 Å². The molecule has 0 heterocycles. The molecule has 0 aromatic carbocycles. The van der Waals surface area contributed by atoms with E-state index in [0.717, 1.165) is 12.8 Å². The Labute approximate surface area is 78.6 Å². The second kappa shape index (κ2) is 7.73. The monoisotopic (exact) mass is 187 g/mol. The molecule has 4 nitrogen and oxygen atoms in total. The summed E-state index contributed by atoms with van der Waals surface area (Å²) in [5.74, 6) is -0.292. The molecular formula is C9H17NO3. The van der Waals surface area contributed by atoms with Crippen LogP contribution in [0, 0.1) is 0 Å². The van der Waals surface area contributed by atoms with E-state index in [1.165, 1.54) is 6.92 Å². The van der Waals surface area contributed by atoms with Crippen LogP contribution < -0.4 is 5.32 Å². The Balaban J connectivity index is 3.22. The van der Waals surface area contributed by atoms with Gasteiger partial charge in [0.15, 0.2) is 0 Å². The highest BCUT2D eigenvalue weighted by molar-refractivity contribution is 5.96. The molecule has 4 heteroatoms. The Hall–Kier alpha value is -0.900. The Morgan fingerprint density at radius 3 is 2.54 bits per heavy atom. The summed E-state index contributed by atoms with van der Waals surface area (Å²) in [4.78, 5) is 21.4. The lowest BCUT2D eigenvalue weighted by atomic mass is 10.3. The standard InChI is InChI=1S/C9H17NO3/c1-8(11)7-9(12)10-5-3-4-6-13-2/h3-7H2,1-2H3,(H,10,12). The lowest BCUT2D eigenvalue weighted by Crippen LogP contribution is -2.26. The zero-order valence-electron chi connectivity index (χ0n) is 8.26. The minimum atomic E-state index is -0.190. The second-order valence-corrected chi connectivity index (χ2v) is 2.93. The van der Waals surface area contributed by atoms with Crippen molar-refractivity contribution in [2.45, 2.75) is 26.2 Å². The maximum atomic E-state index is 10.9. The molecule has 0 aliphatic carbocycles. The number of amides is 1. The highest BCUT2D eigenvalue weighted by Crippen LogP contribution is 1.88. The summed E-state index contributed by atoms with van der Waals surface area (Å²) in [5.41, 5.74) is 0. The first-order chi connectivity index (χ1) is 6.16. The molecule has 1 N–H and O–H groups in total. The third-order valence-corrected chi connectivity index (χ3v) is 1.51. The van der Waals surface area contributed by atoms with E-state index < -0.39 is 0 Å². The fraction of sp³-hybridized carbons (Fsp3) is 0.778. The summed E-state index contributed by atoms with van der Waals surface area (Å²) in [5, 5.41) is 2.66. The molecule has 0 aliphatic rings. The van der Waals surface area contributed by atoms with Crippen molar-refractivity contribution in [3.05, 3.63) is 0 Å². The van der Waals surface area contributed by atoms with E-state index in [2.05, 4.69) is 5.32 Å². The number of carbonyl (C=O) groups excluding carboxylic acids is 2. The number of carbonyl (C=O) groups is 2. The van der Waals surface area contributed by atoms with Gasteiger partial charge in [-0.25, -0.2) is 0 Å². The summed E-state index contributed by atoms with van der Waals surface area (Å²) in [6.07, 6.45) is 1.80. The zero-order chi connectivity index (χ0) is 10.1. The van der Waals surface area contributed by atoms with Gasteiger partial charge in [0.1, 0.15) is 5.78 Å². The minimum absolute atomic E-state index is 0.00965. The number of nitrogens with one attached hydrogen (secondary N) is 1. The van der Waals surface area contributed by atoms with Crippen molar-refractivity contribution in [3.8, 4) is 0 Å². The zero-order valence-corrected chi connectivity index (χ0v) is 8.26. The van der Waals surface area contributed by atoms with Gasteiger partial charge in [-0.05, 0) is 19.8 Å². The Morgan fingerprint density at radius 1 is 1.31 bits per heavy atom. The number of hydrogen-bond acceptors (Lipinski definition) is 3. The van der Waals surface area contributed by atoms with Crippen molar-refractivity contribution in [2.75, 3.05) is 20.3 Å². The van der Waals surface area contributed by atoms with Gasteiger partial charge < -0.3 is 10.1 Å². The molecule has 0 aliphatic heterocycles. The van der Waals surface area contributed by atoms with Crippen LogP contribution in [0.1, 0.15) is 26.2 Å². The van der Waals surface area contributed by atoms with Crippen molar-refractivity contribution in [2.24, 2.45) is 0 Å². The number of Topliss-reactive ketones (excluding diaryl/α,β-unsaturated/α-hetero) is 1. The first-order valence-electron chi connectivity index (χ1n) is 4.42. The van der Waals surface area contributed by atoms with Crippen molar-refractivity contribution < 1.29 is 14.3 Å². The quantitative estimate of drug-likeness (QED) is 0.466. The Kier molecular flexibility index (Phi) is 7.20. The first-order valence-corrected chi connectivity index (χ1v) is 4.42. The number of rotatable bonds is 7. The summed E-state index contributed by atoms with van der Waals surface area (Å²) >= 11 is 0. The number of ether oxygens (including phenoxy) is 1. The van der Waals surface area contributed by atoms with Crippen LogP contribution in [0.4, 0.5) is 0 Å². The average Bonchev–Trinajstić information content (AvgIpc) is 2.02. The molecule has 0 aromatic heterocycles. The normalized spacial score (nSPS) is 9.69. The predicted octanol–water partition coefficient (Wildman–Crippen LogP) is 0.508. The molecule has 0 bridgehead atoms. The van der Waals surface area contributed by atoms with Crippen molar-refractivity contribution in [1.82, 2.24) is 5.32 Å². The molecule has 0 rings (SSSR count). The average molecular weight is 187 g/mol. The fourth-order valence-electron chi connectivity index (χ4n) is 0.888. The topological polar surface area (TPSA) is 55.4 Å². The summed E-state index contributed by atoms with van der Waals surface area (Å²) in [7, 11) is 1.65. The van der Waals surface area contributed by atoms with Gasteiger partial charge in [-0.2, -0.15) is 0 Å². The third-order valence-electron chi connectivity index (χ3n) is 1.51. The highest BCUT2D eigenvalue weighted by atomic mass is 16.5. The number of hydrogen-bond donors (Lipinski definition) is 1. The van der Waals surface area contributed by atoms with Crippen LogP contribution in [0.15, 0.2) is 0 Å². The molecule has 0 saturated heterocycles. The lowest BCUT2D eigenvalue weighted by Gasteiger charge is -2.02. The second-order valence-electron chi connectivity index (χ2n) is 2.93. The van der Waals surface area contributed by atoms with E-state index in [4.69, 9.17) is 4.74 Å². The molecule has 13 heavy (non-hydrogen) atoms. The van der Waals surface area contributed by atoms with Gasteiger partial charge in [0.2, 0.25) is 5.91 Å².